The molecule has 1 atom stereocenters. The first-order chi connectivity index (χ1) is 22.8. The lowest BCUT2D eigenvalue weighted by Gasteiger charge is -2.31. The summed E-state index contributed by atoms with van der Waals surface area (Å²) in [4.78, 5) is 53.4. The Morgan fingerprint density at radius 3 is 1.57 bits per heavy atom. The lowest BCUT2D eigenvalue weighted by Crippen LogP contribution is -2.51. The second-order valence-corrected chi connectivity index (χ2v) is 11.1. The van der Waals surface area contributed by atoms with Gasteiger partial charge in [0, 0.05) is 31.1 Å². The fraction of sp³-hybridized carbons (Fsp3) is 0.128. The number of primary amides is 1. The van der Waals surface area contributed by atoms with Crippen molar-refractivity contribution in [1.29, 1.82) is 0 Å². The first kappa shape index (κ1) is 32.4. The zero-order valence-corrected chi connectivity index (χ0v) is 26.1. The number of carbonyl (C=O) groups is 4. The van der Waals surface area contributed by atoms with Gasteiger partial charge in [-0.1, -0.05) is 109 Å². The summed E-state index contributed by atoms with van der Waals surface area (Å²) in [6.45, 7) is -0.120. The summed E-state index contributed by atoms with van der Waals surface area (Å²) in [5.74, 6) is -1.84. The standard InChI is InChI=1S/C39H36N4O4/c1-41-36(44)25-42-38(46)35(24-27-12-16-31(17-13-27)29-8-4-2-5-9-29)43(39(47)34-22-20-33(21-23-34)37(40)45)26-28-14-18-32(19-15-28)30-10-6-3-7-11-30/h2-23,35H,24-26H2,1H3,(H2,40,45)(H,41,44)(H,42,46). The quantitative estimate of drug-likeness (QED) is 0.176. The van der Waals surface area contributed by atoms with Crippen LogP contribution in [0.15, 0.2) is 133 Å². The number of rotatable bonds is 12. The van der Waals surface area contributed by atoms with Crippen molar-refractivity contribution in [3.63, 3.8) is 0 Å². The number of nitrogens with one attached hydrogen (secondary N) is 2. The SMILES string of the molecule is CNC(=O)CNC(=O)C(Cc1ccc(-c2ccccc2)cc1)N(Cc1ccc(-c2ccccc2)cc1)C(=O)c1ccc(C(N)=O)cc1. The first-order valence-corrected chi connectivity index (χ1v) is 15.3. The number of nitrogens with two attached hydrogens (primary N) is 1. The van der Waals surface area contributed by atoms with Crippen LogP contribution in [0.3, 0.4) is 0 Å². The molecule has 47 heavy (non-hydrogen) atoms. The Labute approximate surface area is 274 Å². The molecule has 5 rings (SSSR count). The highest BCUT2D eigenvalue weighted by molar-refractivity contribution is 5.99. The van der Waals surface area contributed by atoms with Crippen LogP contribution in [0.1, 0.15) is 31.8 Å². The number of nitrogens with zero attached hydrogens (tertiary/aromatic N) is 1. The average molecular weight is 625 g/mol. The average Bonchev–Trinajstić information content (AvgIpc) is 3.13. The molecule has 0 fully saturated rings. The van der Waals surface area contributed by atoms with Crippen LogP contribution in [0.4, 0.5) is 0 Å². The molecule has 4 N–H and O–H groups in total. The number of benzene rings is 5. The fourth-order valence-corrected chi connectivity index (χ4v) is 5.30. The van der Waals surface area contributed by atoms with Gasteiger partial charge in [0.2, 0.25) is 17.7 Å². The molecule has 5 aromatic rings. The Morgan fingerprint density at radius 2 is 1.09 bits per heavy atom. The Kier molecular flexibility index (Phi) is 10.5. The molecule has 4 amide bonds. The minimum absolute atomic E-state index is 0.117. The third kappa shape index (κ3) is 8.38. The largest absolute Gasteiger partial charge is 0.366 e. The second-order valence-electron chi connectivity index (χ2n) is 11.1. The Morgan fingerprint density at radius 1 is 0.617 bits per heavy atom. The lowest BCUT2D eigenvalue weighted by molar-refractivity contribution is -0.129. The van der Waals surface area contributed by atoms with Crippen molar-refractivity contribution >= 4 is 23.6 Å². The molecule has 8 heteroatoms. The predicted molar refractivity (Wildman–Crippen MR) is 183 cm³/mol. The van der Waals surface area contributed by atoms with Crippen molar-refractivity contribution in [3.8, 4) is 22.3 Å². The topological polar surface area (TPSA) is 122 Å². The summed E-state index contributed by atoms with van der Waals surface area (Å²) in [7, 11) is 1.49. The number of hydrogen-bond donors (Lipinski definition) is 3. The summed E-state index contributed by atoms with van der Waals surface area (Å²) in [6, 6.07) is 40.7. The monoisotopic (exact) mass is 624 g/mol. The molecule has 236 valence electrons. The molecule has 0 radical (unpaired) electrons. The van der Waals surface area contributed by atoms with Crippen molar-refractivity contribution in [2.45, 2.75) is 19.0 Å². The maximum atomic E-state index is 14.2. The predicted octanol–water partition coefficient (Wildman–Crippen LogP) is 5.24. The van der Waals surface area contributed by atoms with Gasteiger partial charge in [0.15, 0.2) is 0 Å². The van der Waals surface area contributed by atoms with Crippen LogP contribution in [0.25, 0.3) is 22.3 Å². The Hall–Kier alpha value is -6.02. The molecule has 0 aliphatic carbocycles. The van der Waals surface area contributed by atoms with E-state index < -0.39 is 23.8 Å². The van der Waals surface area contributed by atoms with Gasteiger partial charge in [-0.15, -0.1) is 0 Å². The molecule has 0 heterocycles. The van der Waals surface area contributed by atoms with Gasteiger partial charge in [-0.25, -0.2) is 0 Å². The summed E-state index contributed by atoms with van der Waals surface area (Å²) in [6.07, 6.45) is 0.196. The van der Waals surface area contributed by atoms with Gasteiger partial charge in [0.1, 0.15) is 6.04 Å². The van der Waals surface area contributed by atoms with Crippen LogP contribution in [-0.4, -0.2) is 48.2 Å². The van der Waals surface area contributed by atoms with Crippen molar-refractivity contribution in [2.75, 3.05) is 13.6 Å². The van der Waals surface area contributed by atoms with Crippen LogP contribution in [0.5, 0.6) is 0 Å². The van der Waals surface area contributed by atoms with E-state index in [2.05, 4.69) is 10.6 Å². The maximum Gasteiger partial charge on any atom is 0.254 e. The zero-order chi connectivity index (χ0) is 33.2. The molecule has 0 aliphatic rings. The van der Waals surface area contributed by atoms with Crippen LogP contribution < -0.4 is 16.4 Å². The molecule has 0 bridgehead atoms. The smallest absolute Gasteiger partial charge is 0.254 e. The van der Waals surface area contributed by atoms with E-state index in [0.29, 0.717) is 5.56 Å². The lowest BCUT2D eigenvalue weighted by atomic mass is 9.98. The highest BCUT2D eigenvalue weighted by Crippen LogP contribution is 2.24. The first-order valence-electron chi connectivity index (χ1n) is 15.3. The van der Waals surface area contributed by atoms with E-state index in [9.17, 15) is 19.2 Å². The molecule has 0 saturated heterocycles. The third-order valence-corrected chi connectivity index (χ3v) is 7.96. The molecule has 0 spiro atoms. The van der Waals surface area contributed by atoms with Gasteiger partial charge < -0.3 is 21.3 Å². The highest BCUT2D eigenvalue weighted by atomic mass is 16.2. The van der Waals surface area contributed by atoms with E-state index >= 15 is 0 Å². The van der Waals surface area contributed by atoms with Crippen LogP contribution in [-0.2, 0) is 22.6 Å². The maximum absolute atomic E-state index is 14.2. The molecule has 5 aromatic carbocycles. The Balaban J connectivity index is 1.50. The van der Waals surface area contributed by atoms with Gasteiger partial charge in [0.05, 0.1) is 6.54 Å². The van der Waals surface area contributed by atoms with Crippen LogP contribution >= 0.6 is 0 Å². The molecule has 0 saturated carbocycles. The van der Waals surface area contributed by atoms with E-state index in [4.69, 9.17) is 5.73 Å². The summed E-state index contributed by atoms with van der Waals surface area (Å²) in [5.41, 5.74) is 11.8. The van der Waals surface area contributed by atoms with E-state index in [1.807, 2.05) is 109 Å². The van der Waals surface area contributed by atoms with Gasteiger partial charge >= 0.3 is 0 Å². The highest BCUT2D eigenvalue weighted by Gasteiger charge is 2.31. The molecular formula is C39H36N4O4. The molecular weight excluding hydrogens is 588 g/mol. The van der Waals surface area contributed by atoms with Gasteiger partial charge in [-0.3, -0.25) is 19.2 Å². The van der Waals surface area contributed by atoms with Gasteiger partial charge in [0.25, 0.3) is 5.91 Å². The third-order valence-electron chi connectivity index (χ3n) is 7.96. The fourth-order valence-electron chi connectivity index (χ4n) is 5.30. The molecule has 0 aromatic heterocycles. The summed E-state index contributed by atoms with van der Waals surface area (Å²) < 4.78 is 0. The number of likely N-dealkylation sites (N-methyl/N-ethyl adjacent to an activating group) is 1. The normalized spacial score (nSPS) is 11.3. The van der Waals surface area contributed by atoms with E-state index in [0.717, 1.165) is 33.4 Å². The minimum atomic E-state index is -0.973. The van der Waals surface area contributed by atoms with Crippen molar-refractivity contribution in [2.24, 2.45) is 5.73 Å². The Bertz CT molecular complexity index is 1820. The van der Waals surface area contributed by atoms with Crippen molar-refractivity contribution in [3.05, 3.63) is 156 Å². The zero-order valence-electron chi connectivity index (χ0n) is 26.1. The van der Waals surface area contributed by atoms with Crippen molar-refractivity contribution in [1.82, 2.24) is 15.5 Å². The molecule has 8 nitrogen and oxygen atoms in total. The van der Waals surface area contributed by atoms with E-state index in [1.165, 1.54) is 36.2 Å². The minimum Gasteiger partial charge on any atom is -0.366 e. The van der Waals surface area contributed by atoms with Crippen LogP contribution in [0.2, 0.25) is 0 Å². The summed E-state index contributed by atoms with van der Waals surface area (Å²) >= 11 is 0. The second kappa shape index (κ2) is 15.3. The number of carbonyl (C=O) groups excluding carboxylic acids is 4. The molecule has 0 aliphatic heterocycles. The van der Waals surface area contributed by atoms with Crippen LogP contribution in [0, 0.1) is 0 Å². The van der Waals surface area contributed by atoms with Gasteiger partial charge in [-0.05, 0) is 57.6 Å². The van der Waals surface area contributed by atoms with Crippen molar-refractivity contribution < 1.29 is 19.2 Å². The van der Waals surface area contributed by atoms with E-state index in [-0.39, 0.29) is 31.0 Å². The van der Waals surface area contributed by atoms with Gasteiger partial charge in [-0.2, -0.15) is 0 Å². The summed E-state index contributed by atoms with van der Waals surface area (Å²) in [5, 5.41) is 5.22. The number of hydrogen-bond acceptors (Lipinski definition) is 4. The number of amides is 4. The van der Waals surface area contributed by atoms with E-state index in [1.54, 1.807) is 0 Å². The molecule has 1 unspecified atom stereocenters.